The molecular formula is C17H13I. The maximum atomic E-state index is 4.03. The Bertz CT molecular complexity index is 639. The monoisotopic (exact) mass is 344 g/mol. The van der Waals surface area contributed by atoms with E-state index in [2.05, 4.69) is 83.8 Å². The minimum Gasteiger partial charge on any atom is -0.0917 e. The number of fused-ring (bicyclic) bond motifs is 5. The van der Waals surface area contributed by atoms with Crippen LogP contribution in [0.2, 0.25) is 0 Å². The van der Waals surface area contributed by atoms with Gasteiger partial charge in [-0.15, -0.1) is 0 Å². The molecule has 0 amide bonds. The zero-order chi connectivity index (χ0) is 12.5. The average Bonchev–Trinajstić information content (AvgIpc) is 2.67. The molecule has 0 atom stereocenters. The van der Waals surface area contributed by atoms with E-state index in [0.717, 1.165) is 12.0 Å². The molecule has 18 heavy (non-hydrogen) atoms. The molecule has 0 saturated carbocycles. The third-order valence-corrected chi connectivity index (χ3v) is 3.87. The minimum absolute atomic E-state index is 1.02. The van der Waals surface area contributed by atoms with Crippen LogP contribution in [0.1, 0.15) is 17.5 Å². The lowest BCUT2D eigenvalue weighted by Crippen LogP contribution is -1.79. The molecule has 0 saturated heterocycles. The predicted molar refractivity (Wildman–Crippen MR) is 87.4 cm³/mol. The van der Waals surface area contributed by atoms with E-state index in [1.807, 2.05) is 0 Å². The molecule has 2 bridgehead atoms. The van der Waals surface area contributed by atoms with Crippen molar-refractivity contribution in [2.24, 2.45) is 0 Å². The van der Waals surface area contributed by atoms with Gasteiger partial charge in [-0.2, -0.15) is 0 Å². The summed E-state index contributed by atoms with van der Waals surface area (Å²) < 4.78 is 1.23. The molecule has 88 valence electrons. The Kier molecular flexibility index (Phi) is 3.08. The Balaban J connectivity index is 2.23. The van der Waals surface area contributed by atoms with Crippen molar-refractivity contribution in [2.75, 3.05) is 0 Å². The third kappa shape index (κ3) is 2.15. The summed E-state index contributed by atoms with van der Waals surface area (Å²) in [6.07, 6.45) is 11.8. The van der Waals surface area contributed by atoms with Crippen LogP contribution in [0, 0.1) is 0 Å². The van der Waals surface area contributed by atoms with Gasteiger partial charge < -0.3 is 0 Å². The van der Waals surface area contributed by atoms with E-state index in [-0.39, 0.29) is 0 Å². The van der Waals surface area contributed by atoms with Gasteiger partial charge in [0.1, 0.15) is 0 Å². The lowest BCUT2D eigenvalue weighted by Gasteiger charge is -2.00. The van der Waals surface area contributed by atoms with E-state index in [1.54, 1.807) is 0 Å². The fourth-order valence-corrected chi connectivity index (χ4v) is 3.21. The standard InChI is InChI=1S/C17H13I/c1-12-5-4-6-13-10-14(11-15(18)9-12)17-8-3-2-7-16(13)17/h2-9,11H,1,10H2/b5-4-,13-6+,14-11+,15-9+. The molecule has 0 N–H and O–H groups in total. The molecule has 0 unspecified atom stereocenters. The number of hydrogen-bond donors (Lipinski definition) is 0. The number of halogens is 1. The first kappa shape index (κ1) is 11.7. The second-order valence-corrected chi connectivity index (χ2v) is 5.79. The average molecular weight is 344 g/mol. The van der Waals surface area contributed by atoms with Gasteiger partial charge in [0.2, 0.25) is 0 Å². The van der Waals surface area contributed by atoms with E-state index < -0.39 is 0 Å². The van der Waals surface area contributed by atoms with Crippen LogP contribution < -0.4 is 0 Å². The van der Waals surface area contributed by atoms with Crippen LogP contribution in [0.3, 0.4) is 0 Å². The third-order valence-electron chi connectivity index (χ3n) is 3.24. The Morgan fingerprint density at radius 2 is 1.72 bits per heavy atom. The number of hydrogen-bond acceptors (Lipinski definition) is 0. The first-order chi connectivity index (χ1) is 8.74. The van der Waals surface area contributed by atoms with E-state index in [1.165, 1.54) is 25.9 Å². The molecule has 2 aliphatic carbocycles. The molecular weight excluding hydrogens is 331 g/mol. The summed E-state index contributed by atoms with van der Waals surface area (Å²) in [5.74, 6) is 0. The molecule has 1 aromatic carbocycles. The Hall–Kier alpha value is -1.35. The smallest absolute Gasteiger partial charge is 0.0139 e. The van der Waals surface area contributed by atoms with E-state index in [9.17, 15) is 0 Å². The molecule has 1 aromatic rings. The van der Waals surface area contributed by atoms with Crippen molar-refractivity contribution in [3.05, 3.63) is 81.5 Å². The second-order valence-electron chi connectivity index (χ2n) is 4.55. The van der Waals surface area contributed by atoms with Gasteiger partial charge in [0.15, 0.2) is 0 Å². The van der Waals surface area contributed by atoms with Gasteiger partial charge in [-0.1, -0.05) is 49.1 Å². The Morgan fingerprint density at radius 3 is 2.50 bits per heavy atom. The number of allylic oxidation sites excluding steroid dienone is 9. The summed E-state index contributed by atoms with van der Waals surface area (Å²) in [6, 6.07) is 8.64. The van der Waals surface area contributed by atoms with E-state index >= 15 is 0 Å². The van der Waals surface area contributed by atoms with Gasteiger partial charge in [-0.3, -0.25) is 0 Å². The highest BCUT2D eigenvalue weighted by atomic mass is 127. The molecule has 0 radical (unpaired) electrons. The van der Waals surface area contributed by atoms with Gasteiger partial charge in [-0.05, 0) is 69.0 Å². The topological polar surface area (TPSA) is 0 Å². The Labute approximate surface area is 121 Å². The van der Waals surface area contributed by atoms with Crippen LogP contribution in [-0.4, -0.2) is 0 Å². The summed E-state index contributed by atoms with van der Waals surface area (Å²) >= 11 is 2.37. The maximum absolute atomic E-state index is 4.03. The van der Waals surface area contributed by atoms with Crippen molar-refractivity contribution in [3.63, 3.8) is 0 Å². The molecule has 2 aliphatic rings. The summed E-state index contributed by atoms with van der Waals surface area (Å²) in [4.78, 5) is 0. The first-order valence-electron chi connectivity index (χ1n) is 5.98. The van der Waals surface area contributed by atoms with Crippen LogP contribution in [0.15, 0.2) is 70.4 Å². The summed E-state index contributed by atoms with van der Waals surface area (Å²) in [6.45, 7) is 4.03. The molecule has 1 heteroatoms. The maximum Gasteiger partial charge on any atom is 0.0139 e. The fraction of sp³-hybridized carbons (Fsp3) is 0.0588. The van der Waals surface area contributed by atoms with Crippen LogP contribution in [0.25, 0.3) is 11.1 Å². The molecule has 0 fully saturated rings. The van der Waals surface area contributed by atoms with Gasteiger partial charge in [0.25, 0.3) is 0 Å². The lowest BCUT2D eigenvalue weighted by molar-refractivity contribution is 1.50. The van der Waals surface area contributed by atoms with Gasteiger partial charge in [0, 0.05) is 3.58 Å². The lowest BCUT2D eigenvalue weighted by atomic mass is 10.1. The van der Waals surface area contributed by atoms with Crippen LogP contribution >= 0.6 is 22.6 Å². The normalized spacial score (nSPS) is 28.3. The van der Waals surface area contributed by atoms with Crippen molar-refractivity contribution in [3.8, 4) is 0 Å². The van der Waals surface area contributed by atoms with Gasteiger partial charge in [0.05, 0.1) is 0 Å². The zero-order valence-corrected chi connectivity index (χ0v) is 12.1. The largest absolute Gasteiger partial charge is 0.0917 e. The van der Waals surface area contributed by atoms with Crippen LogP contribution in [0.4, 0.5) is 0 Å². The summed E-state index contributed by atoms with van der Waals surface area (Å²) in [5, 5.41) is 0. The summed E-state index contributed by atoms with van der Waals surface area (Å²) in [7, 11) is 0. The van der Waals surface area contributed by atoms with Crippen molar-refractivity contribution >= 4 is 33.7 Å². The van der Waals surface area contributed by atoms with Crippen molar-refractivity contribution in [1.29, 1.82) is 0 Å². The molecule has 0 heterocycles. The highest BCUT2D eigenvalue weighted by Crippen LogP contribution is 2.41. The molecule has 0 aliphatic heterocycles. The molecule has 0 spiro atoms. The van der Waals surface area contributed by atoms with Crippen molar-refractivity contribution in [2.45, 2.75) is 6.42 Å². The van der Waals surface area contributed by atoms with Crippen LogP contribution in [0.5, 0.6) is 0 Å². The minimum atomic E-state index is 1.02. The highest BCUT2D eigenvalue weighted by molar-refractivity contribution is 14.1. The quantitative estimate of drug-likeness (QED) is 0.560. The van der Waals surface area contributed by atoms with Crippen LogP contribution in [-0.2, 0) is 0 Å². The van der Waals surface area contributed by atoms with Crippen molar-refractivity contribution in [1.82, 2.24) is 0 Å². The van der Waals surface area contributed by atoms with E-state index in [4.69, 9.17) is 0 Å². The first-order valence-corrected chi connectivity index (χ1v) is 7.05. The zero-order valence-electron chi connectivity index (χ0n) is 9.99. The SMILES string of the molecule is C=C1/C=C\C=C2/C/C(=C\C(I)=C/1)c1ccccc12. The highest BCUT2D eigenvalue weighted by Gasteiger charge is 2.20. The predicted octanol–water partition coefficient (Wildman–Crippen LogP) is 5.30. The fourth-order valence-electron chi connectivity index (χ4n) is 2.44. The molecule has 3 rings (SSSR count). The number of benzene rings is 1. The van der Waals surface area contributed by atoms with Crippen molar-refractivity contribution < 1.29 is 0 Å². The Morgan fingerprint density at radius 1 is 1.00 bits per heavy atom. The van der Waals surface area contributed by atoms with E-state index in [0.29, 0.717) is 0 Å². The second kappa shape index (κ2) is 4.73. The molecule has 0 aromatic heterocycles. The molecule has 0 nitrogen and oxygen atoms in total. The number of rotatable bonds is 0. The summed E-state index contributed by atoms with van der Waals surface area (Å²) in [5.41, 5.74) is 6.57. The van der Waals surface area contributed by atoms with Gasteiger partial charge >= 0.3 is 0 Å². The van der Waals surface area contributed by atoms with Gasteiger partial charge in [-0.25, -0.2) is 0 Å².